The van der Waals surface area contributed by atoms with Crippen LogP contribution in [0.1, 0.15) is 27.2 Å². The second-order valence-electron chi connectivity index (χ2n) is 3.19. The standard InChI is InChI=1S/C10H14OS.C2H7N.C2H6/c1-2-9(11)8-12-10-6-4-3-5-7-10;1-3-2;1-2/h3-7,9,11H,2,8H2,1H3;3H,1-2H3;1-2H3/t9-;;/m1../s1. The van der Waals surface area contributed by atoms with Crippen LogP contribution in [0, 0.1) is 0 Å². The van der Waals surface area contributed by atoms with Crippen LogP contribution in [0.4, 0.5) is 0 Å². The molecule has 2 N–H and O–H groups in total. The summed E-state index contributed by atoms with van der Waals surface area (Å²) in [6.45, 7) is 6.00. The van der Waals surface area contributed by atoms with E-state index in [1.807, 2.05) is 53.1 Å². The SMILES string of the molecule is CC.CC[C@@H](O)CSc1ccccc1.CNC. The van der Waals surface area contributed by atoms with Gasteiger partial charge in [-0.3, -0.25) is 0 Å². The highest BCUT2D eigenvalue weighted by atomic mass is 32.2. The molecule has 1 atom stereocenters. The Bertz CT molecular complexity index is 229. The van der Waals surface area contributed by atoms with Crippen molar-refractivity contribution in [1.82, 2.24) is 5.32 Å². The Hall–Kier alpha value is -0.510. The highest BCUT2D eigenvalue weighted by molar-refractivity contribution is 7.99. The zero-order chi connectivity index (χ0) is 13.5. The maximum atomic E-state index is 9.30. The molecular formula is C14H27NOS. The van der Waals surface area contributed by atoms with Crippen LogP contribution in [-0.2, 0) is 0 Å². The third kappa shape index (κ3) is 13.4. The molecule has 0 aliphatic carbocycles. The summed E-state index contributed by atoms with van der Waals surface area (Å²) in [5.74, 6) is 0.792. The maximum Gasteiger partial charge on any atom is 0.0631 e. The summed E-state index contributed by atoms with van der Waals surface area (Å²) < 4.78 is 0. The van der Waals surface area contributed by atoms with E-state index in [1.54, 1.807) is 11.8 Å². The van der Waals surface area contributed by atoms with E-state index in [9.17, 15) is 5.11 Å². The molecule has 2 nitrogen and oxygen atoms in total. The minimum Gasteiger partial charge on any atom is -0.392 e. The minimum atomic E-state index is -0.171. The summed E-state index contributed by atoms with van der Waals surface area (Å²) in [7, 11) is 3.75. The van der Waals surface area contributed by atoms with Gasteiger partial charge in [0.1, 0.15) is 0 Å². The molecule has 0 aliphatic heterocycles. The number of thioether (sulfide) groups is 1. The lowest BCUT2D eigenvalue weighted by atomic mass is 10.3. The molecule has 0 spiro atoms. The van der Waals surface area contributed by atoms with E-state index < -0.39 is 0 Å². The van der Waals surface area contributed by atoms with E-state index in [0.717, 1.165) is 12.2 Å². The topological polar surface area (TPSA) is 32.3 Å². The highest BCUT2D eigenvalue weighted by Crippen LogP contribution is 2.18. The first-order valence-corrected chi connectivity index (χ1v) is 7.17. The van der Waals surface area contributed by atoms with Crippen LogP contribution in [0.15, 0.2) is 35.2 Å². The first-order chi connectivity index (χ1) is 8.24. The molecule has 1 aromatic carbocycles. The van der Waals surface area contributed by atoms with Crippen molar-refractivity contribution in [3.8, 4) is 0 Å². The number of nitrogens with one attached hydrogen (secondary N) is 1. The van der Waals surface area contributed by atoms with Gasteiger partial charge in [0.05, 0.1) is 6.10 Å². The van der Waals surface area contributed by atoms with Crippen molar-refractivity contribution in [1.29, 1.82) is 0 Å². The molecule has 0 aromatic heterocycles. The number of hydrogen-bond donors (Lipinski definition) is 2. The summed E-state index contributed by atoms with van der Waals surface area (Å²) >= 11 is 1.70. The molecular weight excluding hydrogens is 230 g/mol. The van der Waals surface area contributed by atoms with Gasteiger partial charge in [-0.1, -0.05) is 39.0 Å². The Labute approximate surface area is 111 Å². The quantitative estimate of drug-likeness (QED) is 0.811. The summed E-state index contributed by atoms with van der Waals surface area (Å²) in [5.41, 5.74) is 0. The Morgan fingerprint density at radius 2 is 1.65 bits per heavy atom. The van der Waals surface area contributed by atoms with Crippen molar-refractivity contribution in [2.24, 2.45) is 0 Å². The molecule has 0 heterocycles. The lowest BCUT2D eigenvalue weighted by Gasteiger charge is -2.06. The largest absolute Gasteiger partial charge is 0.392 e. The van der Waals surface area contributed by atoms with Crippen LogP contribution in [0.3, 0.4) is 0 Å². The van der Waals surface area contributed by atoms with E-state index in [-0.39, 0.29) is 6.10 Å². The number of benzene rings is 1. The molecule has 17 heavy (non-hydrogen) atoms. The number of hydrogen-bond acceptors (Lipinski definition) is 3. The van der Waals surface area contributed by atoms with E-state index >= 15 is 0 Å². The monoisotopic (exact) mass is 257 g/mol. The summed E-state index contributed by atoms with van der Waals surface area (Å²) in [6, 6.07) is 10.2. The summed E-state index contributed by atoms with van der Waals surface area (Å²) in [4.78, 5) is 1.23. The van der Waals surface area contributed by atoms with Crippen LogP contribution in [0.5, 0.6) is 0 Å². The Morgan fingerprint density at radius 1 is 1.18 bits per heavy atom. The zero-order valence-electron chi connectivity index (χ0n) is 11.7. The van der Waals surface area contributed by atoms with Crippen LogP contribution < -0.4 is 5.32 Å². The summed E-state index contributed by atoms with van der Waals surface area (Å²) in [5, 5.41) is 12.0. The van der Waals surface area contributed by atoms with E-state index in [1.165, 1.54) is 4.90 Å². The van der Waals surface area contributed by atoms with Crippen LogP contribution in [0.2, 0.25) is 0 Å². The number of rotatable bonds is 4. The maximum absolute atomic E-state index is 9.30. The molecule has 0 aliphatic rings. The molecule has 3 heteroatoms. The van der Waals surface area contributed by atoms with Gasteiger partial charge in [-0.2, -0.15) is 0 Å². The van der Waals surface area contributed by atoms with Crippen molar-refractivity contribution >= 4 is 11.8 Å². The lowest BCUT2D eigenvalue weighted by Crippen LogP contribution is -2.06. The molecule has 0 fully saturated rings. The van der Waals surface area contributed by atoms with Crippen molar-refractivity contribution in [3.05, 3.63) is 30.3 Å². The average Bonchev–Trinajstić information content (AvgIpc) is 2.40. The van der Waals surface area contributed by atoms with Gasteiger partial charge >= 0.3 is 0 Å². The van der Waals surface area contributed by atoms with Crippen molar-refractivity contribution in [3.63, 3.8) is 0 Å². The molecule has 1 aromatic rings. The van der Waals surface area contributed by atoms with Crippen LogP contribution in [0.25, 0.3) is 0 Å². The van der Waals surface area contributed by atoms with Gasteiger partial charge in [-0.25, -0.2) is 0 Å². The first kappa shape index (κ1) is 18.8. The van der Waals surface area contributed by atoms with Gasteiger partial charge in [0.2, 0.25) is 0 Å². The highest BCUT2D eigenvalue weighted by Gasteiger charge is 2.00. The van der Waals surface area contributed by atoms with Crippen LogP contribution >= 0.6 is 11.8 Å². The molecule has 0 unspecified atom stereocenters. The molecule has 0 bridgehead atoms. The molecule has 1 rings (SSSR count). The Morgan fingerprint density at radius 3 is 2.06 bits per heavy atom. The molecule has 100 valence electrons. The Kier molecular flexibility index (Phi) is 17.2. The van der Waals surface area contributed by atoms with Gasteiger partial charge in [0.15, 0.2) is 0 Å². The van der Waals surface area contributed by atoms with Gasteiger partial charge in [0, 0.05) is 10.6 Å². The zero-order valence-corrected chi connectivity index (χ0v) is 12.6. The third-order valence-corrected chi connectivity index (χ3v) is 2.81. The van der Waals surface area contributed by atoms with E-state index in [4.69, 9.17) is 0 Å². The number of aliphatic hydroxyl groups excluding tert-OH is 1. The normalized spacial score (nSPS) is 10.5. The first-order valence-electron chi connectivity index (χ1n) is 6.19. The van der Waals surface area contributed by atoms with E-state index in [0.29, 0.717) is 0 Å². The summed E-state index contributed by atoms with van der Waals surface area (Å²) in [6.07, 6.45) is 0.662. The van der Waals surface area contributed by atoms with Crippen molar-refractivity contribution in [2.75, 3.05) is 19.8 Å². The van der Waals surface area contributed by atoms with Crippen LogP contribution in [-0.4, -0.2) is 31.1 Å². The van der Waals surface area contributed by atoms with Gasteiger partial charge in [-0.15, -0.1) is 11.8 Å². The predicted octanol–water partition coefficient (Wildman–Crippen LogP) is 3.41. The lowest BCUT2D eigenvalue weighted by molar-refractivity contribution is 0.195. The minimum absolute atomic E-state index is 0.171. The molecule has 0 radical (unpaired) electrons. The van der Waals surface area contributed by atoms with Gasteiger partial charge in [0.25, 0.3) is 0 Å². The smallest absolute Gasteiger partial charge is 0.0631 e. The second kappa shape index (κ2) is 15.5. The molecule has 0 saturated heterocycles. The van der Waals surface area contributed by atoms with Crippen molar-refractivity contribution in [2.45, 2.75) is 38.2 Å². The van der Waals surface area contributed by atoms with Crippen molar-refractivity contribution < 1.29 is 5.11 Å². The predicted molar refractivity (Wildman–Crippen MR) is 79.8 cm³/mol. The van der Waals surface area contributed by atoms with Gasteiger partial charge < -0.3 is 10.4 Å². The van der Waals surface area contributed by atoms with E-state index in [2.05, 4.69) is 17.4 Å². The fourth-order valence-corrected chi connectivity index (χ4v) is 1.80. The second-order valence-corrected chi connectivity index (χ2v) is 4.28. The fourth-order valence-electron chi connectivity index (χ4n) is 0.827. The average molecular weight is 257 g/mol. The molecule has 0 amide bonds. The Balaban J connectivity index is 0. The fraction of sp³-hybridized carbons (Fsp3) is 0.571. The number of aliphatic hydroxyl groups is 1. The molecule has 0 saturated carbocycles. The third-order valence-electron chi connectivity index (χ3n) is 1.66. The van der Waals surface area contributed by atoms with Gasteiger partial charge in [-0.05, 0) is 32.6 Å².